The number of hydrogen-bond acceptors (Lipinski definition) is 5. The first-order valence-corrected chi connectivity index (χ1v) is 5.98. The molecule has 0 bridgehead atoms. The molecule has 0 aliphatic carbocycles. The van der Waals surface area contributed by atoms with Gasteiger partial charge in [0.25, 0.3) is 0 Å². The molecule has 0 fully saturated rings. The van der Waals surface area contributed by atoms with Crippen LogP contribution in [-0.4, -0.2) is 25.3 Å². The second kappa shape index (κ2) is 5.16. The first kappa shape index (κ1) is 12.5. The highest BCUT2D eigenvalue weighted by Gasteiger charge is 2.19. The molecule has 0 spiro atoms. The molecular weight excluding hydrogens is 234 g/mol. The third-order valence-electron chi connectivity index (χ3n) is 2.48. The first-order valence-electron chi connectivity index (χ1n) is 5.98. The number of anilines is 1. The van der Waals surface area contributed by atoms with Gasteiger partial charge in [-0.05, 0) is 13.8 Å². The van der Waals surface area contributed by atoms with Crippen LogP contribution in [0.1, 0.15) is 30.6 Å². The number of esters is 1. The van der Waals surface area contributed by atoms with Gasteiger partial charge in [-0.15, -0.1) is 0 Å². The Morgan fingerprint density at radius 2 is 1.89 bits per heavy atom. The smallest absolute Gasteiger partial charge is 0.340 e. The summed E-state index contributed by atoms with van der Waals surface area (Å²) in [6, 6.07) is 3.19. The highest BCUT2D eigenvalue weighted by atomic mass is 16.5. The van der Waals surface area contributed by atoms with E-state index in [2.05, 4.69) is 0 Å². The molecule has 0 saturated carbocycles. The SMILES string of the molecule is CC(C)OC(=O)c1cc2c(cc1N)OCCCO2. The molecular formula is C13H17NO4. The van der Waals surface area contributed by atoms with Crippen molar-refractivity contribution in [3.05, 3.63) is 17.7 Å². The molecule has 0 saturated heterocycles. The van der Waals surface area contributed by atoms with Crippen LogP contribution in [0, 0.1) is 0 Å². The van der Waals surface area contributed by atoms with Gasteiger partial charge in [-0.1, -0.05) is 0 Å². The zero-order valence-corrected chi connectivity index (χ0v) is 10.6. The summed E-state index contributed by atoms with van der Waals surface area (Å²) in [6.07, 6.45) is 0.619. The lowest BCUT2D eigenvalue weighted by molar-refractivity contribution is 0.0378. The van der Waals surface area contributed by atoms with Gasteiger partial charge in [0.1, 0.15) is 0 Å². The van der Waals surface area contributed by atoms with Crippen LogP contribution in [0.25, 0.3) is 0 Å². The normalized spacial score (nSPS) is 14.2. The van der Waals surface area contributed by atoms with Crippen LogP contribution in [0.15, 0.2) is 12.1 Å². The summed E-state index contributed by atoms with van der Waals surface area (Å²) in [5.74, 6) is 0.668. The van der Waals surface area contributed by atoms with Crippen LogP contribution in [0.4, 0.5) is 5.69 Å². The maximum atomic E-state index is 11.8. The molecule has 0 unspecified atom stereocenters. The van der Waals surface area contributed by atoms with E-state index in [0.717, 1.165) is 6.42 Å². The lowest BCUT2D eigenvalue weighted by Crippen LogP contribution is -2.13. The van der Waals surface area contributed by atoms with E-state index in [0.29, 0.717) is 36.0 Å². The number of nitrogen functional groups attached to an aromatic ring is 1. The Morgan fingerprint density at radius 1 is 1.28 bits per heavy atom. The number of fused-ring (bicyclic) bond motifs is 1. The van der Waals surface area contributed by atoms with E-state index in [-0.39, 0.29) is 6.10 Å². The fourth-order valence-electron chi connectivity index (χ4n) is 1.68. The lowest BCUT2D eigenvalue weighted by Gasteiger charge is -2.13. The predicted octanol–water partition coefficient (Wildman–Crippen LogP) is 2.00. The van der Waals surface area contributed by atoms with Crippen LogP contribution in [0.2, 0.25) is 0 Å². The van der Waals surface area contributed by atoms with Gasteiger partial charge in [-0.3, -0.25) is 0 Å². The molecule has 2 N–H and O–H groups in total. The Balaban J connectivity index is 2.31. The Bertz CT molecular complexity index is 457. The molecule has 98 valence electrons. The maximum absolute atomic E-state index is 11.8. The third-order valence-corrected chi connectivity index (χ3v) is 2.48. The monoisotopic (exact) mass is 251 g/mol. The number of nitrogens with two attached hydrogens (primary N) is 1. The fraction of sp³-hybridized carbons (Fsp3) is 0.462. The molecule has 2 rings (SSSR count). The average molecular weight is 251 g/mol. The van der Waals surface area contributed by atoms with Crippen molar-refractivity contribution < 1.29 is 19.0 Å². The van der Waals surface area contributed by atoms with E-state index in [1.807, 2.05) is 0 Å². The average Bonchev–Trinajstić information content (AvgIpc) is 2.51. The molecule has 0 aromatic heterocycles. The fourth-order valence-corrected chi connectivity index (χ4v) is 1.68. The summed E-state index contributed by atoms with van der Waals surface area (Å²) in [4.78, 5) is 11.8. The van der Waals surface area contributed by atoms with Gasteiger partial charge in [-0.25, -0.2) is 4.79 Å². The minimum absolute atomic E-state index is 0.187. The van der Waals surface area contributed by atoms with E-state index in [1.54, 1.807) is 26.0 Å². The Labute approximate surface area is 106 Å². The van der Waals surface area contributed by atoms with Gasteiger partial charge in [0.05, 0.1) is 30.6 Å². The third kappa shape index (κ3) is 2.67. The van der Waals surface area contributed by atoms with Gasteiger partial charge in [0, 0.05) is 18.6 Å². The molecule has 1 aromatic carbocycles. The molecule has 5 heteroatoms. The van der Waals surface area contributed by atoms with Gasteiger partial charge in [0.2, 0.25) is 0 Å². The molecule has 0 radical (unpaired) electrons. The van der Waals surface area contributed by atoms with Crippen molar-refractivity contribution in [3.8, 4) is 11.5 Å². The summed E-state index contributed by atoms with van der Waals surface area (Å²) in [5.41, 5.74) is 6.49. The Hall–Kier alpha value is -1.91. The van der Waals surface area contributed by atoms with Crippen LogP contribution < -0.4 is 15.2 Å². The molecule has 0 amide bonds. The summed E-state index contributed by atoms with van der Waals surface area (Å²) in [5, 5.41) is 0. The maximum Gasteiger partial charge on any atom is 0.340 e. The Morgan fingerprint density at radius 3 is 2.50 bits per heavy atom. The van der Waals surface area contributed by atoms with Gasteiger partial charge < -0.3 is 19.9 Å². The van der Waals surface area contributed by atoms with Crippen molar-refractivity contribution in [1.82, 2.24) is 0 Å². The van der Waals surface area contributed by atoms with Crippen LogP contribution in [0.5, 0.6) is 11.5 Å². The Kier molecular flexibility index (Phi) is 3.60. The van der Waals surface area contributed by atoms with Crippen molar-refractivity contribution in [2.45, 2.75) is 26.4 Å². The van der Waals surface area contributed by atoms with E-state index >= 15 is 0 Å². The summed E-state index contributed by atoms with van der Waals surface area (Å²) < 4.78 is 16.1. The zero-order valence-electron chi connectivity index (χ0n) is 10.6. The minimum Gasteiger partial charge on any atom is -0.490 e. The number of rotatable bonds is 2. The standard InChI is InChI=1S/C13H17NO4/c1-8(2)18-13(15)9-6-11-12(7-10(9)14)17-5-3-4-16-11/h6-8H,3-5,14H2,1-2H3. The van der Waals surface area contributed by atoms with Gasteiger partial charge in [-0.2, -0.15) is 0 Å². The highest BCUT2D eigenvalue weighted by Crippen LogP contribution is 2.34. The molecule has 18 heavy (non-hydrogen) atoms. The minimum atomic E-state index is -0.446. The van der Waals surface area contributed by atoms with Crippen molar-refractivity contribution in [2.24, 2.45) is 0 Å². The van der Waals surface area contributed by atoms with E-state index < -0.39 is 5.97 Å². The largest absolute Gasteiger partial charge is 0.490 e. The molecule has 1 aliphatic rings. The van der Waals surface area contributed by atoms with Gasteiger partial charge >= 0.3 is 5.97 Å². The van der Waals surface area contributed by atoms with Crippen molar-refractivity contribution in [3.63, 3.8) is 0 Å². The quantitative estimate of drug-likeness (QED) is 0.643. The summed E-state index contributed by atoms with van der Waals surface area (Å²) >= 11 is 0. The topological polar surface area (TPSA) is 70.8 Å². The molecule has 0 atom stereocenters. The van der Waals surface area contributed by atoms with Crippen molar-refractivity contribution in [1.29, 1.82) is 0 Å². The summed E-state index contributed by atoms with van der Waals surface area (Å²) in [6.45, 7) is 4.73. The number of benzene rings is 1. The second-order valence-electron chi connectivity index (χ2n) is 4.39. The zero-order chi connectivity index (χ0) is 13.1. The van der Waals surface area contributed by atoms with Crippen molar-refractivity contribution in [2.75, 3.05) is 18.9 Å². The van der Waals surface area contributed by atoms with E-state index in [9.17, 15) is 4.79 Å². The lowest BCUT2D eigenvalue weighted by atomic mass is 10.1. The summed E-state index contributed by atoms with van der Waals surface area (Å²) in [7, 11) is 0. The number of carbonyl (C=O) groups is 1. The number of hydrogen-bond donors (Lipinski definition) is 1. The van der Waals surface area contributed by atoms with Crippen LogP contribution in [-0.2, 0) is 4.74 Å². The number of ether oxygens (including phenoxy) is 3. The number of carbonyl (C=O) groups excluding carboxylic acids is 1. The van der Waals surface area contributed by atoms with Gasteiger partial charge in [0.15, 0.2) is 11.5 Å². The van der Waals surface area contributed by atoms with Crippen molar-refractivity contribution >= 4 is 11.7 Å². The molecule has 1 heterocycles. The second-order valence-corrected chi connectivity index (χ2v) is 4.39. The van der Waals surface area contributed by atoms with Crippen LogP contribution in [0.3, 0.4) is 0 Å². The van der Waals surface area contributed by atoms with E-state index in [1.165, 1.54) is 0 Å². The predicted molar refractivity (Wildman–Crippen MR) is 67.0 cm³/mol. The molecule has 1 aromatic rings. The molecule has 1 aliphatic heterocycles. The molecule has 5 nitrogen and oxygen atoms in total. The van der Waals surface area contributed by atoms with E-state index in [4.69, 9.17) is 19.9 Å². The first-order chi connectivity index (χ1) is 8.58. The van der Waals surface area contributed by atoms with Crippen LogP contribution >= 0.6 is 0 Å². The highest BCUT2D eigenvalue weighted by molar-refractivity contribution is 5.96.